The van der Waals surface area contributed by atoms with E-state index in [-0.39, 0.29) is 12.0 Å². The molecule has 7 heteroatoms. The summed E-state index contributed by atoms with van der Waals surface area (Å²) in [5.74, 6) is 0.768. The van der Waals surface area contributed by atoms with E-state index >= 15 is 0 Å². The summed E-state index contributed by atoms with van der Waals surface area (Å²) in [5, 5.41) is 4.57. The molecular weight excluding hydrogens is 372 g/mol. The molecule has 3 aromatic rings. The Morgan fingerprint density at radius 2 is 2.04 bits per heavy atom. The van der Waals surface area contributed by atoms with Crippen LogP contribution >= 0.6 is 11.3 Å². The summed E-state index contributed by atoms with van der Waals surface area (Å²) in [5.41, 5.74) is 2.48. The molecule has 144 valence electrons. The number of amides is 1. The lowest BCUT2D eigenvalue weighted by atomic mass is 10.1. The number of anilines is 1. The highest BCUT2D eigenvalue weighted by Gasteiger charge is 2.27. The van der Waals surface area contributed by atoms with Gasteiger partial charge in [0.2, 0.25) is 0 Å². The molecule has 1 saturated heterocycles. The normalized spacial score (nSPS) is 17.4. The molecule has 0 saturated carbocycles. The number of nitrogens with zero attached hydrogens (tertiary/aromatic N) is 4. The van der Waals surface area contributed by atoms with Crippen molar-refractivity contribution >= 4 is 23.1 Å². The van der Waals surface area contributed by atoms with Crippen molar-refractivity contribution in [3.63, 3.8) is 0 Å². The van der Waals surface area contributed by atoms with Crippen molar-refractivity contribution in [2.75, 3.05) is 24.7 Å². The molecule has 0 spiro atoms. The second-order valence-corrected chi connectivity index (χ2v) is 7.68. The first kappa shape index (κ1) is 18.6. The first-order valence-electron chi connectivity index (χ1n) is 9.28. The highest BCUT2D eigenvalue weighted by Crippen LogP contribution is 2.27. The minimum absolute atomic E-state index is 0.000279. The van der Waals surface area contributed by atoms with Crippen LogP contribution < -0.4 is 5.06 Å². The van der Waals surface area contributed by atoms with Crippen LogP contribution in [0.3, 0.4) is 0 Å². The van der Waals surface area contributed by atoms with E-state index in [1.165, 1.54) is 11.3 Å². The number of aryl methyl sites for hydroxylation is 1. The fourth-order valence-electron chi connectivity index (χ4n) is 3.32. The Balaban J connectivity index is 1.57. The molecule has 1 aromatic carbocycles. The maximum atomic E-state index is 13.3. The third-order valence-electron chi connectivity index (χ3n) is 4.59. The molecule has 6 nitrogen and oxygen atoms in total. The van der Waals surface area contributed by atoms with Gasteiger partial charge in [0.1, 0.15) is 11.1 Å². The van der Waals surface area contributed by atoms with Gasteiger partial charge in [0, 0.05) is 41.5 Å². The van der Waals surface area contributed by atoms with Crippen LogP contribution in [0.15, 0.2) is 54.0 Å². The molecular formula is C21H22N4O2S. The molecule has 28 heavy (non-hydrogen) atoms. The van der Waals surface area contributed by atoms with Crippen LogP contribution in [0.25, 0.3) is 10.6 Å². The number of pyridine rings is 1. The van der Waals surface area contributed by atoms with Gasteiger partial charge in [-0.2, -0.15) is 0 Å². The molecule has 3 heterocycles. The lowest BCUT2D eigenvalue weighted by Gasteiger charge is -2.22. The standard InChI is InChI=1S/C21H22N4O2S/c1-15-6-5-9-19(23-15)25-12-11-24(14-16(2)27-25)21(26)18-8-4-3-7-17(18)20-22-10-13-28-20/h3-10,13,16H,11-12,14H2,1-2H3/t16-/m0/s1. The van der Waals surface area contributed by atoms with Crippen LogP contribution in [-0.2, 0) is 4.84 Å². The van der Waals surface area contributed by atoms with Crippen LogP contribution in [0, 0.1) is 6.92 Å². The highest BCUT2D eigenvalue weighted by atomic mass is 32.1. The second kappa shape index (κ2) is 8.08. The lowest BCUT2D eigenvalue weighted by Crippen LogP contribution is -2.37. The van der Waals surface area contributed by atoms with Crippen molar-refractivity contribution in [3.05, 3.63) is 65.3 Å². The third-order valence-corrected chi connectivity index (χ3v) is 5.40. The molecule has 1 fully saturated rings. The van der Waals surface area contributed by atoms with Gasteiger partial charge in [0.25, 0.3) is 5.91 Å². The summed E-state index contributed by atoms with van der Waals surface area (Å²) in [6, 6.07) is 13.5. The summed E-state index contributed by atoms with van der Waals surface area (Å²) in [7, 11) is 0. The molecule has 1 atom stereocenters. The molecule has 2 aromatic heterocycles. The van der Waals surface area contributed by atoms with Gasteiger partial charge in [-0.15, -0.1) is 11.3 Å². The van der Waals surface area contributed by atoms with Crippen molar-refractivity contribution in [1.82, 2.24) is 14.9 Å². The predicted molar refractivity (Wildman–Crippen MR) is 110 cm³/mol. The summed E-state index contributed by atoms with van der Waals surface area (Å²) < 4.78 is 0. The molecule has 4 rings (SSSR count). The van der Waals surface area contributed by atoms with E-state index in [0.717, 1.165) is 22.1 Å². The third kappa shape index (κ3) is 3.90. The Hall–Kier alpha value is -2.77. The van der Waals surface area contributed by atoms with E-state index in [1.54, 1.807) is 11.3 Å². The van der Waals surface area contributed by atoms with Gasteiger partial charge in [-0.3, -0.25) is 9.63 Å². The van der Waals surface area contributed by atoms with Crippen molar-refractivity contribution in [3.8, 4) is 10.6 Å². The highest BCUT2D eigenvalue weighted by molar-refractivity contribution is 7.13. The number of thiazole rings is 1. The van der Waals surface area contributed by atoms with Gasteiger partial charge in [-0.25, -0.2) is 15.0 Å². The molecule has 1 amide bonds. The maximum Gasteiger partial charge on any atom is 0.254 e. The Labute approximate surface area is 168 Å². The predicted octanol–water partition coefficient (Wildman–Crippen LogP) is 3.80. The van der Waals surface area contributed by atoms with E-state index < -0.39 is 0 Å². The van der Waals surface area contributed by atoms with Crippen LogP contribution in [0.1, 0.15) is 23.0 Å². The van der Waals surface area contributed by atoms with Crippen molar-refractivity contribution < 1.29 is 9.63 Å². The van der Waals surface area contributed by atoms with Gasteiger partial charge in [0.05, 0.1) is 6.54 Å². The summed E-state index contributed by atoms with van der Waals surface area (Å²) in [6.45, 7) is 5.57. The first-order valence-corrected chi connectivity index (χ1v) is 10.2. The van der Waals surface area contributed by atoms with Crippen molar-refractivity contribution in [2.45, 2.75) is 20.0 Å². The van der Waals surface area contributed by atoms with E-state index in [9.17, 15) is 4.79 Å². The zero-order valence-electron chi connectivity index (χ0n) is 15.9. The number of carbonyl (C=O) groups is 1. The quantitative estimate of drug-likeness (QED) is 0.676. The average Bonchev–Trinajstić information content (AvgIpc) is 3.17. The van der Waals surface area contributed by atoms with Gasteiger partial charge in [-0.05, 0) is 32.0 Å². The summed E-state index contributed by atoms with van der Waals surface area (Å²) in [4.78, 5) is 30.1. The lowest BCUT2D eigenvalue weighted by molar-refractivity contribution is 0.0423. The van der Waals surface area contributed by atoms with Crippen LogP contribution in [0.2, 0.25) is 0 Å². The van der Waals surface area contributed by atoms with E-state index in [4.69, 9.17) is 4.84 Å². The Morgan fingerprint density at radius 1 is 1.18 bits per heavy atom. The van der Waals surface area contributed by atoms with Crippen LogP contribution in [0.4, 0.5) is 5.82 Å². The Kier molecular flexibility index (Phi) is 5.36. The second-order valence-electron chi connectivity index (χ2n) is 6.79. The van der Waals surface area contributed by atoms with Gasteiger partial charge >= 0.3 is 0 Å². The molecule has 1 aliphatic rings. The molecule has 0 radical (unpaired) electrons. The molecule has 0 bridgehead atoms. The minimum Gasteiger partial charge on any atom is -0.334 e. The molecule has 0 N–H and O–H groups in total. The summed E-state index contributed by atoms with van der Waals surface area (Å²) in [6.07, 6.45) is 1.62. The number of hydrogen-bond donors (Lipinski definition) is 0. The van der Waals surface area contributed by atoms with E-state index in [0.29, 0.717) is 25.2 Å². The largest absolute Gasteiger partial charge is 0.334 e. The Bertz CT molecular complexity index is 961. The summed E-state index contributed by atoms with van der Waals surface area (Å²) >= 11 is 1.53. The zero-order chi connectivity index (χ0) is 19.5. The number of rotatable bonds is 3. The maximum absolute atomic E-state index is 13.3. The monoisotopic (exact) mass is 394 g/mol. The molecule has 0 unspecified atom stereocenters. The van der Waals surface area contributed by atoms with Gasteiger partial charge in [0.15, 0.2) is 5.82 Å². The SMILES string of the molecule is Cc1cccc(N2CCN(C(=O)c3ccccc3-c3nccs3)C[C@H](C)O2)n1. The molecule has 0 aliphatic carbocycles. The zero-order valence-corrected chi connectivity index (χ0v) is 16.7. The van der Waals surface area contributed by atoms with Crippen molar-refractivity contribution in [2.24, 2.45) is 0 Å². The van der Waals surface area contributed by atoms with Gasteiger partial charge in [-0.1, -0.05) is 24.3 Å². The van der Waals surface area contributed by atoms with Crippen LogP contribution in [0.5, 0.6) is 0 Å². The number of hydrogen-bond acceptors (Lipinski definition) is 6. The number of carbonyl (C=O) groups excluding carboxylic acids is 1. The minimum atomic E-state index is -0.138. The van der Waals surface area contributed by atoms with Crippen LogP contribution in [-0.4, -0.2) is 46.5 Å². The smallest absolute Gasteiger partial charge is 0.254 e. The number of benzene rings is 1. The topological polar surface area (TPSA) is 58.6 Å². The van der Waals surface area contributed by atoms with Crippen molar-refractivity contribution in [1.29, 1.82) is 0 Å². The Morgan fingerprint density at radius 3 is 2.82 bits per heavy atom. The van der Waals surface area contributed by atoms with E-state index in [2.05, 4.69) is 9.97 Å². The molecule has 1 aliphatic heterocycles. The fourth-order valence-corrected chi connectivity index (χ4v) is 4.00. The average molecular weight is 395 g/mol. The fraction of sp³-hybridized carbons (Fsp3) is 0.286. The van der Waals surface area contributed by atoms with E-state index in [1.807, 2.05) is 66.6 Å². The van der Waals surface area contributed by atoms with Gasteiger partial charge < -0.3 is 4.90 Å². The number of aromatic nitrogens is 2. The first-order chi connectivity index (χ1) is 13.6. The number of hydroxylamine groups is 1.